The van der Waals surface area contributed by atoms with Crippen LogP contribution >= 0.6 is 15.9 Å². The van der Waals surface area contributed by atoms with Crippen molar-refractivity contribution in [3.05, 3.63) is 35.0 Å². The molecule has 0 fully saturated rings. The van der Waals surface area contributed by atoms with Gasteiger partial charge in [0.15, 0.2) is 0 Å². The number of halogens is 1. The molecule has 0 aromatic carbocycles. The fourth-order valence-corrected chi connectivity index (χ4v) is 1.15. The van der Waals surface area contributed by atoms with Crippen LogP contribution in [0.3, 0.4) is 0 Å². The summed E-state index contributed by atoms with van der Waals surface area (Å²) in [6.45, 7) is 6.53. The van der Waals surface area contributed by atoms with E-state index in [4.69, 9.17) is 0 Å². The van der Waals surface area contributed by atoms with Crippen molar-refractivity contribution in [1.29, 1.82) is 0 Å². The molecule has 1 rings (SSSR count). The van der Waals surface area contributed by atoms with E-state index in [-0.39, 0.29) is 0 Å². The second-order valence-electron chi connectivity index (χ2n) is 2.64. The molecule has 0 saturated carbocycles. The SMILES string of the molecule is C=C(C)CNc1ncccc1Br. The maximum atomic E-state index is 4.15. The maximum Gasteiger partial charge on any atom is 0.140 e. The Balaban J connectivity index is 2.63. The molecular formula is C9H11BrN2. The van der Waals surface area contributed by atoms with Crippen molar-refractivity contribution in [3.8, 4) is 0 Å². The number of anilines is 1. The van der Waals surface area contributed by atoms with Crippen molar-refractivity contribution in [1.82, 2.24) is 4.98 Å². The Bertz CT molecular complexity index is 284. The van der Waals surface area contributed by atoms with E-state index in [1.807, 2.05) is 19.1 Å². The first kappa shape index (κ1) is 9.26. The molecule has 1 aromatic rings. The molecular weight excluding hydrogens is 216 g/mol. The standard InChI is InChI=1S/C9H11BrN2/c1-7(2)6-12-9-8(10)4-3-5-11-9/h3-5H,1,6H2,2H3,(H,11,12). The molecule has 0 unspecified atom stereocenters. The van der Waals surface area contributed by atoms with Crippen molar-refractivity contribution < 1.29 is 0 Å². The van der Waals surface area contributed by atoms with Crippen molar-refractivity contribution in [3.63, 3.8) is 0 Å². The second-order valence-corrected chi connectivity index (χ2v) is 3.50. The van der Waals surface area contributed by atoms with Gasteiger partial charge in [0.1, 0.15) is 5.82 Å². The molecule has 0 saturated heterocycles. The lowest BCUT2D eigenvalue weighted by atomic mass is 10.3. The maximum absolute atomic E-state index is 4.15. The first-order chi connectivity index (χ1) is 5.70. The minimum Gasteiger partial charge on any atom is -0.365 e. The minimum atomic E-state index is 0.760. The molecule has 0 radical (unpaired) electrons. The second kappa shape index (κ2) is 4.26. The van der Waals surface area contributed by atoms with Crippen molar-refractivity contribution in [2.75, 3.05) is 11.9 Å². The van der Waals surface area contributed by atoms with Gasteiger partial charge in [-0.15, -0.1) is 0 Å². The molecule has 0 aliphatic carbocycles. The number of aromatic nitrogens is 1. The normalized spacial score (nSPS) is 9.50. The zero-order valence-electron chi connectivity index (χ0n) is 6.97. The Morgan fingerprint density at radius 2 is 2.50 bits per heavy atom. The highest BCUT2D eigenvalue weighted by atomic mass is 79.9. The summed E-state index contributed by atoms with van der Waals surface area (Å²) < 4.78 is 0.978. The molecule has 1 heterocycles. The lowest BCUT2D eigenvalue weighted by Gasteiger charge is -2.05. The van der Waals surface area contributed by atoms with Crippen molar-refractivity contribution >= 4 is 21.7 Å². The summed E-state index contributed by atoms with van der Waals surface area (Å²) in [5.41, 5.74) is 1.09. The van der Waals surface area contributed by atoms with E-state index in [9.17, 15) is 0 Å². The first-order valence-corrected chi connectivity index (χ1v) is 4.48. The molecule has 64 valence electrons. The summed E-state index contributed by atoms with van der Waals surface area (Å²) in [5, 5.41) is 3.15. The topological polar surface area (TPSA) is 24.9 Å². The highest BCUT2D eigenvalue weighted by Crippen LogP contribution is 2.17. The van der Waals surface area contributed by atoms with Gasteiger partial charge >= 0.3 is 0 Å². The number of nitrogens with one attached hydrogen (secondary N) is 1. The predicted octanol–water partition coefficient (Wildman–Crippen LogP) is 2.83. The van der Waals surface area contributed by atoms with E-state index in [0.29, 0.717) is 0 Å². The van der Waals surface area contributed by atoms with Gasteiger partial charge in [-0.05, 0) is 35.0 Å². The number of nitrogens with zero attached hydrogens (tertiary/aromatic N) is 1. The van der Waals surface area contributed by atoms with Crippen LogP contribution in [-0.4, -0.2) is 11.5 Å². The van der Waals surface area contributed by atoms with Crippen LogP contribution in [0.1, 0.15) is 6.92 Å². The van der Waals surface area contributed by atoms with Gasteiger partial charge in [0.2, 0.25) is 0 Å². The molecule has 0 atom stereocenters. The molecule has 1 aromatic heterocycles. The van der Waals surface area contributed by atoms with E-state index < -0.39 is 0 Å². The number of rotatable bonds is 3. The van der Waals surface area contributed by atoms with E-state index in [0.717, 1.165) is 22.4 Å². The molecule has 0 amide bonds. The smallest absolute Gasteiger partial charge is 0.140 e. The third-order valence-corrected chi connectivity index (χ3v) is 1.96. The fraction of sp³-hybridized carbons (Fsp3) is 0.222. The Morgan fingerprint density at radius 1 is 1.75 bits per heavy atom. The molecule has 0 aliphatic rings. The van der Waals surface area contributed by atoms with Crippen LogP contribution in [-0.2, 0) is 0 Å². The quantitative estimate of drug-likeness (QED) is 0.803. The van der Waals surface area contributed by atoms with Crippen LogP contribution in [0, 0.1) is 0 Å². The summed E-state index contributed by atoms with van der Waals surface area (Å²) in [5.74, 6) is 0.862. The molecule has 2 nitrogen and oxygen atoms in total. The number of hydrogen-bond acceptors (Lipinski definition) is 2. The minimum absolute atomic E-state index is 0.760. The Kier molecular flexibility index (Phi) is 3.29. The summed E-state index contributed by atoms with van der Waals surface area (Å²) in [4.78, 5) is 4.15. The molecule has 12 heavy (non-hydrogen) atoms. The lowest BCUT2D eigenvalue weighted by Crippen LogP contribution is -2.03. The molecule has 0 aliphatic heterocycles. The lowest BCUT2D eigenvalue weighted by molar-refractivity contribution is 1.16. The monoisotopic (exact) mass is 226 g/mol. The van der Waals surface area contributed by atoms with E-state index in [1.165, 1.54) is 0 Å². The number of hydrogen-bond donors (Lipinski definition) is 1. The zero-order chi connectivity index (χ0) is 8.97. The summed E-state index contributed by atoms with van der Waals surface area (Å²) in [7, 11) is 0. The zero-order valence-corrected chi connectivity index (χ0v) is 8.56. The van der Waals surface area contributed by atoms with E-state index in [2.05, 4.69) is 32.8 Å². The van der Waals surface area contributed by atoms with Gasteiger partial charge in [-0.25, -0.2) is 4.98 Å². The molecule has 0 spiro atoms. The highest BCUT2D eigenvalue weighted by Gasteiger charge is 1.97. The highest BCUT2D eigenvalue weighted by molar-refractivity contribution is 9.10. The summed E-state index contributed by atoms with van der Waals surface area (Å²) >= 11 is 3.39. The Morgan fingerprint density at radius 3 is 3.08 bits per heavy atom. The summed E-state index contributed by atoms with van der Waals surface area (Å²) in [6, 6.07) is 3.84. The van der Waals surface area contributed by atoms with Gasteiger partial charge in [0.05, 0.1) is 4.47 Å². The van der Waals surface area contributed by atoms with Crippen molar-refractivity contribution in [2.24, 2.45) is 0 Å². The molecule has 3 heteroatoms. The van der Waals surface area contributed by atoms with Gasteiger partial charge in [-0.1, -0.05) is 12.2 Å². The van der Waals surface area contributed by atoms with Gasteiger partial charge in [0.25, 0.3) is 0 Å². The summed E-state index contributed by atoms with van der Waals surface area (Å²) in [6.07, 6.45) is 1.76. The van der Waals surface area contributed by atoms with Gasteiger partial charge in [0, 0.05) is 12.7 Å². The van der Waals surface area contributed by atoms with Crippen molar-refractivity contribution in [2.45, 2.75) is 6.92 Å². The van der Waals surface area contributed by atoms with Crippen LogP contribution in [0.4, 0.5) is 5.82 Å². The van der Waals surface area contributed by atoms with Crippen LogP contribution < -0.4 is 5.32 Å². The van der Waals surface area contributed by atoms with Crippen LogP contribution in [0.2, 0.25) is 0 Å². The Hall–Kier alpha value is -0.830. The Labute approximate surface area is 80.8 Å². The van der Waals surface area contributed by atoms with E-state index in [1.54, 1.807) is 6.20 Å². The third kappa shape index (κ3) is 2.66. The third-order valence-electron chi connectivity index (χ3n) is 1.32. The van der Waals surface area contributed by atoms with E-state index >= 15 is 0 Å². The predicted molar refractivity (Wildman–Crippen MR) is 55.2 cm³/mol. The molecule has 1 N–H and O–H groups in total. The van der Waals surface area contributed by atoms with Gasteiger partial charge < -0.3 is 5.32 Å². The van der Waals surface area contributed by atoms with Crippen LogP contribution in [0.25, 0.3) is 0 Å². The largest absolute Gasteiger partial charge is 0.365 e. The number of pyridine rings is 1. The van der Waals surface area contributed by atoms with Crippen LogP contribution in [0.15, 0.2) is 35.0 Å². The molecule has 0 bridgehead atoms. The average molecular weight is 227 g/mol. The fourth-order valence-electron chi connectivity index (χ4n) is 0.750. The van der Waals surface area contributed by atoms with Gasteiger partial charge in [-0.2, -0.15) is 0 Å². The van der Waals surface area contributed by atoms with Crippen LogP contribution in [0.5, 0.6) is 0 Å². The van der Waals surface area contributed by atoms with Gasteiger partial charge in [-0.3, -0.25) is 0 Å². The first-order valence-electron chi connectivity index (χ1n) is 3.69. The average Bonchev–Trinajstić information content (AvgIpc) is 2.03.